The van der Waals surface area contributed by atoms with Gasteiger partial charge < -0.3 is 14.3 Å². The first-order valence-corrected chi connectivity index (χ1v) is 10.0. The van der Waals surface area contributed by atoms with Crippen LogP contribution in [0.4, 0.5) is 0 Å². The number of rotatable bonds is 4. The molecule has 5 rings (SSSR count). The van der Waals surface area contributed by atoms with Crippen molar-refractivity contribution in [2.45, 2.75) is 58.1 Å². The Kier molecular flexibility index (Phi) is 3.50. The molecule has 1 aromatic rings. The molecule has 0 spiro atoms. The number of aromatic nitrogens is 2. The van der Waals surface area contributed by atoms with Crippen molar-refractivity contribution in [1.29, 1.82) is 0 Å². The summed E-state index contributed by atoms with van der Waals surface area (Å²) in [6.07, 6.45) is 8.63. The summed E-state index contributed by atoms with van der Waals surface area (Å²) in [6.45, 7) is 8.06. The molecule has 140 valence electrons. The number of carbonyl (C=O) groups is 1. The molecule has 2 saturated carbocycles. The maximum absolute atomic E-state index is 12.8. The van der Waals surface area contributed by atoms with Crippen molar-refractivity contribution in [3.8, 4) is 0 Å². The molecule has 0 radical (unpaired) electrons. The highest BCUT2D eigenvalue weighted by molar-refractivity contribution is 5.94. The largest absolute Gasteiger partial charge is 0.389 e. The summed E-state index contributed by atoms with van der Waals surface area (Å²) in [5.74, 6) is 2.47. The van der Waals surface area contributed by atoms with Crippen LogP contribution in [0.25, 0.3) is 0 Å². The zero-order valence-corrected chi connectivity index (χ0v) is 15.9. The Bertz CT molecular complexity index is 752. The fraction of sp³-hybridized carbons (Fsp3) is 0.750. The minimum atomic E-state index is -0.161. The second-order valence-electron chi connectivity index (χ2n) is 9.31. The van der Waals surface area contributed by atoms with Gasteiger partial charge in [-0.15, -0.1) is 0 Å². The number of nitrogens with zero attached hydrogens (tertiary/aromatic N) is 4. The highest BCUT2D eigenvalue weighted by Gasteiger charge is 2.60. The van der Waals surface area contributed by atoms with Gasteiger partial charge >= 0.3 is 0 Å². The summed E-state index contributed by atoms with van der Waals surface area (Å²) in [5, 5.41) is 4.31. The van der Waals surface area contributed by atoms with E-state index in [2.05, 4.69) is 35.5 Å². The van der Waals surface area contributed by atoms with Crippen molar-refractivity contribution in [2.75, 3.05) is 13.1 Å². The van der Waals surface area contributed by atoms with Gasteiger partial charge in [0.05, 0.1) is 12.0 Å². The Morgan fingerprint density at radius 1 is 1.31 bits per heavy atom. The lowest BCUT2D eigenvalue weighted by Gasteiger charge is -2.32. The normalized spacial score (nSPS) is 33.3. The van der Waals surface area contributed by atoms with Crippen LogP contribution in [0.2, 0.25) is 0 Å². The first kappa shape index (κ1) is 16.3. The third-order valence-electron chi connectivity index (χ3n) is 7.01. The average molecular weight is 356 g/mol. The molecule has 3 fully saturated rings. The van der Waals surface area contributed by atoms with Crippen LogP contribution in [-0.4, -0.2) is 44.8 Å². The SMILES string of the molecule is C[C@H](C1CCC1)n1cnc(C(=O)N2CC3C(C2)C3C2=NOC(C)(C)C2)c1. The Balaban J connectivity index is 1.19. The molecule has 26 heavy (non-hydrogen) atoms. The lowest BCUT2D eigenvalue weighted by molar-refractivity contribution is 0.0123. The van der Waals surface area contributed by atoms with Crippen LogP contribution in [0.5, 0.6) is 0 Å². The smallest absolute Gasteiger partial charge is 0.274 e. The van der Waals surface area contributed by atoms with Crippen LogP contribution in [0.3, 0.4) is 0 Å². The minimum absolute atomic E-state index is 0.0838. The number of imidazole rings is 1. The first-order valence-electron chi connectivity index (χ1n) is 10.0. The van der Waals surface area contributed by atoms with E-state index in [0.717, 1.165) is 25.4 Å². The van der Waals surface area contributed by atoms with Crippen molar-refractivity contribution >= 4 is 11.6 Å². The molecule has 2 aliphatic heterocycles. The predicted molar refractivity (Wildman–Crippen MR) is 97.9 cm³/mol. The third kappa shape index (κ3) is 2.57. The molecule has 3 heterocycles. The summed E-state index contributed by atoms with van der Waals surface area (Å²) in [7, 11) is 0. The van der Waals surface area contributed by atoms with Gasteiger partial charge in [0.2, 0.25) is 0 Å². The molecule has 0 aromatic carbocycles. The van der Waals surface area contributed by atoms with Crippen LogP contribution >= 0.6 is 0 Å². The Morgan fingerprint density at radius 2 is 2.04 bits per heavy atom. The highest BCUT2D eigenvalue weighted by Crippen LogP contribution is 2.54. The Morgan fingerprint density at radius 3 is 2.62 bits per heavy atom. The van der Waals surface area contributed by atoms with Gasteiger partial charge in [-0.2, -0.15) is 0 Å². The number of amides is 1. The molecular weight excluding hydrogens is 328 g/mol. The molecule has 4 aliphatic rings. The van der Waals surface area contributed by atoms with Crippen molar-refractivity contribution in [1.82, 2.24) is 14.5 Å². The second kappa shape index (κ2) is 5.57. The summed E-state index contributed by atoms with van der Waals surface area (Å²) < 4.78 is 2.13. The average Bonchev–Trinajstić information content (AvgIpc) is 2.99. The number of piperidine rings is 1. The maximum atomic E-state index is 12.8. The topological polar surface area (TPSA) is 59.7 Å². The monoisotopic (exact) mass is 356 g/mol. The van der Waals surface area contributed by atoms with Crippen molar-refractivity contribution in [2.24, 2.45) is 28.8 Å². The van der Waals surface area contributed by atoms with Gasteiger partial charge in [-0.3, -0.25) is 4.79 Å². The number of fused-ring (bicyclic) bond motifs is 1. The van der Waals surface area contributed by atoms with Crippen LogP contribution in [0.1, 0.15) is 63.0 Å². The van der Waals surface area contributed by atoms with Crippen LogP contribution < -0.4 is 0 Å². The van der Waals surface area contributed by atoms with E-state index in [9.17, 15) is 4.79 Å². The quantitative estimate of drug-likeness (QED) is 0.833. The van der Waals surface area contributed by atoms with Crippen molar-refractivity contribution < 1.29 is 9.63 Å². The van der Waals surface area contributed by atoms with E-state index in [0.29, 0.717) is 29.5 Å². The predicted octanol–water partition coefficient (Wildman–Crippen LogP) is 3.12. The summed E-state index contributed by atoms with van der Waals surface area (Å²) in [4.78, 5) is 24.7. The van der Waals surface area contributed by atoms with E-state index in [-0.39, 0.29) is 11.5 Å². The molecule has 1 saturated heterocycles. The van der Waals surface area contributed by atoms with Crippen LogP contribution in [0.15, 0.2) is 17.7 Å². The number of carbonyl (C=O) groups excluding carboxylic acids is 1. The zero-order chi connectivity index (χ0) is 18.1. The van der Waals surface area contributed by atoms with Gasteiger partial charge in [-0.05, 0) is 51.4 Å². The number of hydrogen-bond acceptors (Lipinski definition) is 4. The van der Waals surface area contributed by atoms with Gasteiger partial charge in [-0.1, -0.05) is 11.6 Å². The number of hydrogen-bond donors (Lipinski definition) is 0. The summed E-state index contributed by atoms with van der Waals surface area (Å²) >= 11 is 0. The van der Waals surface area contributed by atoms with Gasteiger partial charge in [0.25, 0.3) is 5.91 Å². The fourth-order valence-electron chi connectivity index (χ4n) is 5.05. The van der Waals surface area contributed by atoms with E-state index in [1.54, 1.807) is 0 Å². The zero-order valence-electron chi connectivity index (χ0n) is 15.9. The van der Waals surface area contributed by atoms with Crippen LogP contribution in [-0.2, 0) is 4.84 Å². The second-order valence-corrected chi connectivity index (χ2v) is 9.31. The maximum Gasteiger partial charge on any atom is 0.274 e. The van der Waals surface area contributed by atoms with E-state index in [1.807, 2.05) is 17.4 Å². The summed E-state index contributed by atoms with van der Waals surface area (Å²) in [6, 6.07) is 0.442. The molecule has 6 heteroatoms. The molecule has 1 amide bonds. The Hall–Kier alpha value is -1.85. The summed E-state index contributed by atoms with van der Waals surface area (Å²) in [5.41, 5.74) is 1.64. The molecular formula is C20H28N4O2. The van der Waals surface area contributed by atoms with Crippen LogP contribution in [0, 0.1) is 23.7 Å². The highest BCUT2D eigenvalue weighted by atomic mass is 16.7. The van der Waals surface area contributed by atoms with Crippen molar-refractivity contribution in [3.05, 3.63) is 18.2 Å². The van der Waals surface area contributed by atoms with E-state index < -0.39 is 0 Å². The lowest BCUT2D eigenvalue weighted by Crippen LogP contribution is -2.33. The Labute approximate surface area is 154 Å². The molecule has 0 bridgehead atoms. The standard InChI is InChI=1S/C20H28N4O2/c1-12(13-5-4-6-13)24-10-17(21-11-24)19(25)23-8-14-15(9-23)18(14)16-7-20(2,3)26-22-16/h10-15,18H,4-9H2,1-3H3/t12-,14?,15?,18?/m1/s1. The molecule has 1 aromatic heterocycles. The first-order chi connectivity index (χ1) is 12.4. The number of likely N-dealkylation sites (tertiary alicyclic amines) is 1. The molecule has 0 N–H and O–H groups in total. The van der Waals surface area contributed by atoms with E-state index in [4.69, 9.17) is 4.84 Å². The van der Waals surface area contributed by atoms with Gasteiger partial charge in [0.15, 0.2) is 0 Å². The van der Waals surface area contributed by atoms with Gasteiger partial charge in [0.1, 0.15) is 11.3 Å². The van der Waals surface area contributed by atoms with E-state index >= 15 is 0 Å². The fourth-order valence-corrected chi connectivity index (χ4v) is 5.05. The third-order valence-corrected chi connectivity index (χ3v) is 7.01. The van der Waals surface area contributed by atoms with E-state index in [1.165, 1.54) is 25.0 Å². The lowest BCUT2D eigenvalue weighted by atomic mass is 9.80. The molecule has 2 unspecified atom stereocenters. The molecule has 2 aliphatic carbocycles. The van der Waals surface area contributed by atoms with Gasteiger partial charge in [-0.25, -0.2) is 4.98 Å². The molecule has 6 nitrogen and oxygen atoms in total. The number of oxime groups is 1. The van der Waals surface area contributed by atoms with Gasteiger partial charge in [0, 0.05) is 37.7 Å². The molecule has 3 atom stereocenters. The minimum Gasteiger partial charge on any atom is -0.389 e. The van der Waals surface area contributed by atoms with Crippen molar-refractivity contribution in [3.63, 3.8) is 0 Å².